The molecule has 0 unspecified atom stereocenters. The molecule has 0 aliphatic carbocycles. The summed E-state index contributed by atoms with van der Waals surface area (Å²) in [5, 5.41) is 8.92. The second-order valence-corrected chi connectivity index (χ2v) is 8.70. The molecular formula is C28H29N7O2. The lowest BCUT2D eigenvalue weighted by Gasteiger charge is -2.11. The molecule has 37 heavy (non-hydrogen) atoms. The highest BCUT2D eigenvalue weighted by atomic mass is 16.2. The molecule has 0 aliphatic rings. The fraction of sp³-hybridized carbons (Fsp3) is 0.179. The van der Waals surface area contributed by atoms with Gasteiger partial charge in [0.1, 0.15) is 0 Å². The molecule has 3 N–H and O–H groups in total. The van der Waals surface area contributed by atoms with Crippen LogP contribution in [0.5, 0.6) is 0 Å². The van der Waals surface area contributed by atoms with Gasteiger partial charge in [0.15, 0.2) is 0 Å². The zero-order chi connectivity index (χ0) is 26.0. The van der Waals surface area contributed by atoms with Gasteiger partial charge in [-0.25, -0.2) is 9.97 Å². The zero-order valence-corrected chi connectivity index (χ0v) is 20.8. The van der Waals surface area contributed by atoms with Crippen LogP contribution in [-0.2, 0) is 4.79 Å². The van der Waals surface area contributed by atoms with Crippen LogP contribution >= 0.6 is 0 Å². The van der Waals surface area contributed by atoms with E-state index >= 15 is 0 Å². The first-order chi connectivity index (χ1) is 18.0. The molecular weight excluding hydrogens is 466 g/mol. The molecule has 0 atom stereocenters. The maximum atomic E-state index is 12.8. The lowest BCUT2D eigenvalue weighted by atomic mass is 10.1. The first-order valence-corrected chi connectivity index (χ1v) is 11.9. The summed E-state index contributed by atoms with van der Waals surface area (Å²) in [7, 11) is 3.95. The Morgan fingerprint density at radius 1 is 0.865 bits per heavy atom. The first-order valence-electron chi connectivity index (χ1n) is 11.9. The summed E-state index contributed by atoms with van der Waals surface area (Å²) in [4.78, 5) is 39.9. The highest BCUT2D eigenvalue weighted by Crippen LogP contribution is 2.21. The number of anilines is 4. The SMILES string of the molecule is CN(C)CCCC(=O)Nc1cccc(C(=O)Nc2ccc(Nc3nccc(-c4cccnc4)n3)cc2)c1. The number of rotatable bonds is 10. The van der Waals surface area contributed by atoms with Gasteiger partial charge < -0.3 is 20.9 Å². The molecule has 188 valence electrons. The molecule has 0 fully saturated rings. The third-order valence-electron chi connectivity index (χ3n) is 5.43. The number of pyridine rings is 1. The van der Waals surface area contributed by atoms with E-state index in [1.807, 2.05) is 49.3 Å². The Morgan fingerprint density at radius 3 is 2.43 bits per heavy atom. The van der Waals surface area contributed by atoms with Crippen molar-refractivity contribution in [3.05, 3.63) is 90.9 Å². The van der Waals surface area contributed by atoms with Gasteiger partial charge in [-0.15, -0.1) is 0 Å². The van der Waals surface area contributed by atoms with Crippen molar-refractivity contribution < 1.29 is 9.59 Å². The largest absolute Gasteiger partial charge is 0.326 e. The lowest BCUT2D eigenvalue weighted by Crippen LogP contribution is -2.17. The topological polar surface area (TPSA) is 112 Å². The number of hydrogen-bond acceptors (Lipinski definition) is 7. The number of nitrogens with zero attached hydrogens (tertiary/aromatic N) is 4. The summed E-state index contributed by atoms with van der Waals surface area (Å²) in [6.45, 7) is 0.842. The number of carbonyl (C=O) groups is 2. The van der Waals surface area contributed by atoms with Gasteiger partial charge in [0.05, 0.1) is 5.69 Å². The van der Waals surface area contributed by atoms with Crippen molar-refractivity contribution in [2.24, 2.45) is 0 Å². The smallest absolute Gasteiger partial charge is 0.255 e. The molecule has 9 heteroatoms. The molecule has 0 saturated heterocycles. The number of aromatic nitrogens is 3. The van der Waals surface area contributed by atoms with Gasteiger partial charge in [-0.3, -0.25) is 14.6 Å². The Bertz CT molecular complexity index is 1340. The Kier molecular flexibility index (Phi) is 8.51. The third-order valence-corrected chi connectivity index (χ3v) is 5.43. The van der Waals surface area contributed by atoms with Gasteiger partial charge >= 0.3 is 0 Å². The number of carbonyl (C=O) groups excluding carboxylic acids is 2. The van der Waals surface area contributed by atoms with Crippen molar-refractivity contribution in [1.29, 1.82) is 0 Å². The van der Waals surface area contributed by atoms with E-state index in [2.05, 4.69) is 30.9 Å². The van der Waals surface area contributed by atoms with Gasteiger partial charge in [0, 0.05) is 53.2 Å². The first kappa shape index (κ1) is 25.5. The monoisotopic (exact) mass is 495 g/mol. The van der Waals surface area contributed by atoms with E-state index in [1.54, 1.807) is 55.0 Å². The van der Waals surface area contributed by atoms with Gasteiger partial charge in [-0.05, 0) is 87.7 Å². The second-order valence-electron chi connectivity index (χ2n) is 8.70. The van der Waals surface area contributed by atoms with E-state index in [1.165, 1.54) is 0 Å². The highest BCUT2D eigenvalue weighted by Gasteiger charge is 2.09. The van der Waals surface area contributed by atoms with Crippen LogP contribution in [-0.4, -0.2) is 52.3 Å². The molecule has 0 bridgehead atoms. The summed E-state index contributed by atoms with van der Waals surface area (Å²) >= 11 is 0. The fourth-order valence-electron chi connectivity index (χ4n) is 3.58. The Morgan fingerprint density at radius 2 is 1.68 bits per heavy atom. The van der Waals surface area contributed by atoms with Crippen LogP contribution in [0.4, 0.5) is 23.0 Å². The molecule has 0 saturated carbocycles. The van der Waals surface area contributed by atoms with Crippen LogP contribution in [0.2, 0.25) is 0 Å². The van der Waals surface area contributed by atoms with Crippen molar-refractivity contribution in [2.75, 3.05) is 36.6 Å². The normalized spacial score (nSPS) is 10.7. The van der Waals surface area contributed by atoms with Gasteiger partial charge in [-0.2, -0.15) is 0 Å². The summed E-state index contributed by atoms with van der Waals surface area (Å²) in [6, 6.07) is 19.8. The van der Waals surface area contributed by atoms with E-state index in [-0.39, 0.29) is 11.8 Å². The summed E-state index contributed by atoms with van der Waals surface area (Å²) in [5.74, 6) is 0.119. The van der Waals surface area contributed by atoms with E-state index in [0.717, 1.165) is 29.9 Å². The summed E-state index contributed by atoms with van der Waals surface area (Å²) in [5.41, 5.74) is 4.13. The Labute approximate surface area is 216 Å². The third kappa shape index (κ3) is 7.68. The van der Waals surface area contributed by atoms with Crippen LogP contribution in [0.15, 0.2) is 85.3 Å². The average molecular weight is 496 g/mol. The Hall–Kier alpha value is -4.63. The second kappa shape index (κ2) is 12.4. The minimum Gasteiger partial charge on any atom is -0.326 e. The van der Waals surface area contributed by atoms with Crippen molar-refractivity contribution >= 4 is 34.8 Å². The molecule has 0 radical (unpaired) electrons. The van der Waals surface area contributed by atoms with E-state index in [4.69, 9.17) is 0 Å². The minimum atomic E-state index is -0.267. The average Bonchev–Trinajstić information content (AvgIpc) is 2.90. The van der Waals surface area contributed by atoms with E-state index in [9.17, 15) is 9.59 Å². The van der Waals surface area contributed by atoms with Crippen LogP contribution in [0.3, 0.4) is 0 Å². The molecule has 0 spiro atoms. The van der Waals surface area contributed by atoms with Crippen LogP contribution in [0.25, 0.3) is 11.3 Å². The molecule has 4 rings (SSSR count). The molecule has 4 aromatic rings. The summed E-state index contributed by atoms with van der Waals surface area (Å²) < 4.78 is 0. The van der Waals surface area contributed by atoms with E-state index in [0.29, 0.717) is 29.3 Å². The van der Waals surface area contributed by atoms with Crippen LogP contribution in [0.1, 0.15) is 23.2 Å². The molecule has 2 heterocycles. The van der Waals surface area contributed by atoms with Crippen molar-refractivity contribution in [2.45, 2.75) is 12.8 Å². The van der Waals surface area contributed by atoms with Crippen molar-refractivity contribution in [1.82, 2.24) is 19.9 Å². The number of hydrogen-bond donors (Lipinski definition) is 3. The van der Waals surface area contributed by atoms with Crippen molar-refractivity contribution in [3.8, 4) is 11.3 Å². The predicted molar refractivity (Wildman–Crippen MR) is 146 cm³/mol. The molecule has 9 nitrogen and oxygen atoms in total. The summed E-state index contributed by atoms with van der Waals surface area (Å²) in [6.07, 6.45) is 6.35. The standard InChI is InChI=1S/C28H29N7O2/c1-35(2)17-5-9-26(36)31-24-8-3-6-20(18-24)27(37)32-22-10-12-23(13-11-22)33-28-30-16-14-25(34-28)21-7-4-15-29-19-21/h3-4,6-8,10-16,18-19H,5,9,17H2,1-2H3,(H,31,36)(H,32,37)(H,30,33,34). The van der Waals surface area contributed by atoms with Crippen molar-refractivity contribution in [3.63, 3.8) is 0 Å². The minimum absolute atomic E-state index is 0.0718. The number of amides is 2. The fourth-order valence-corrected chi connectivity index (χ4v) is 3.58. The molecule has 2 aromatic carbocycles. The van der Waals surface area contributed by atoms with Crippen LogP contribution in [0, 0.1) is 0 Å². The Balaban J connectivity index is 1.34. The highest BCUT2D eigenvalue weighted by molar-refractivity contribution is 6.05. The maximum absolute atomic E-state index is 12.8. The quantitative estimate of drug-likeness (QED) is 0.289. The maximum Gasteiger partial charge on any atom is 0.255 e. The number of nitrogens with one attached hydrogen (secondary N) is 3. The van der Waals surface area contributed by atoms with Gasteiger partial charge in [0.2, 0.25) is 11.9 Å². The van der Waals surface area contributed by atoms with Gasteiger partial charge in [0.25, 0.3) is 5.91 Å². The number of benzene rings is 2. The molecule has 2 amide bonds. The lowest BCUT2D eigenvalue weighted by molar-refractivity contribution is -0.116. The van der Waals surface area contributed by atoms with Gasteiger partial charge in [-0.1, -0.05) is 6.07 Å². The zero-order valence-electron chi connectivity index (χ0n) is 20.8. The molecule has 2 aromatic heterocycles. The van der Waals surface area contributed by atoms with E-state index < -0.39 is 0 Å². The predicted octanol–water partition coefficient (Wildman–Crippen LogP) is 4.81. The van der Waals surface area contributed by atoms with Crippen LogP contribution < -0.4 is 16.0 Å². The molecule has 0 aliphatic heterocycles.